The minimum atomic E-state index is -4.13. The number of halogens is 1. The molecule has 0 saturated carbocycles. The average molecular weight is 700 g/mol. The summed E-state index contributed by atoms with van der Waals surface area (Å²) in [6, 6.07) is 12.4. The molecule has 5 rings (SSSR count). The fourth-order valence-electron chi connectivity index (χ4n) is 6.15. The standard InChI is InChI=1S/C33H39BrN4O6S/c1-6-43-31(40)18-29(27-11-12-30-32(22(27)4)35-36-37(30)14-8-7-13-34)24-10-9-20(2)28(17-24)23(5)38-19-25-16-26(39)15-21(3)33(25)44-45(38,41)42/h9-12,15-17,23,29,39H,6-8,13-14,18-19H2,1-5H3/t23-,29?/m1/s1. The molecule has 0 saturated heterocycles. The van der Waals surface area contributed by atoms with Gasteiger partial charge in [0.1, 0.15) is 11.3 Å². The van der Waals surface area contributed by atoms with Crippen LogP contribution in [0.4, 0.5) is 0 Å². The van der Waals surface area contributed by atoms with Gasteiger partial charge in [0.25, 0.3) is 0 Å². The Morgan fingerprint density at radius 1 is 1.09 bits per heavy atom. The molecule has 2 atom stereocenters. The maximum absolute atomic E-state index is 13.4. The van der Waals surface area contributed by atoms with Crippen molar-refractivity contribution in [2.75, 3.05) is 11.9 Å². The van der Waals surface area contributed by atoms with Crippen LogP contribution in [-0.4, -0.2) is 50.7 Å². The van der Waals surface area contributed by atoms with Crippen molar-refractivity contribution in [1.29, 1.82) is 0 Å². The van der Waals surface area contributed by atoms with Gasteiger partial charge >= 0.3 is 16.3 Å². The number of hydrogen-bond donors (Lipinski definition) is 1. The van der Waals surface area contributed by atoms with Crippen LogP contribution in [0.3, 0.4) is 0 Å². The summed E-state index contributed by atoms with van der Waals surface area (Å²) in [5, 5.41) is 20.0. The number of nitrogens with zero attached hydrogens (tertiary/aromatic N) is 4. The van der Waals surface area contributed by atoms with Crippen LogP contribution in [0.15, 0.2) is 42.5 Å². The molecule has 1 aromatic heterocycles. The number of carbonyl (C=O) groups excluding carboxylic acids is 1. The van der Waals surface area contributed by atoms with Gasteiger partial charge in [-0.15, -0.1) is 5.10 Å². The zero-order chi connectivity index (χ0) is 32.5. The van der Waals surface area contributed by atoms with Gasteiger partial charge in [-0.25, -0.2) is 4.68 Å². The summed E-state index contributed by atoms with van der Waals surface area (Å²) in [4.78, 5) is 12.9. The normalized spacial score (nSPS) is 15.8. The molecule has 12 heteroatoms. The molecular formula is C33H39BrN4O6S. The van der Waals surface area contributed by atoms with Crippen LogP contribution in [-0.2, 0) is 32.9 Å². The summed E-state index contributed by atoms with van der Waals surface area (Å²) in [6.45, 7) is 10.3. The zero-order valence-electron chi connectivity index (χ0n) is 26.2. The van der Waals surface area contributed by atoms with E-state index in [0.717, 1.165) is 63.6 Å². The highest BCUT2D eigenvalue weighted by Gasteiger charge is 2.37. The Bertz CT molecular complexity index is 1840. The van der Waals surface area contributed by atoms with Crippen LogP contribution < -0.4 is 4.18 Å². The lowest BCUT2D eigenvalue weighted by Crippen LogP contribution is -2.40. The number of aryl methyl sites for hydroxylation is 4. The van der Waals surface area contributed by atoms with E-state index in [1.807, 2.05) is 55.8 Å². The molecule has 0 aliphatic carbocycles. The third-order valence-electron chi connectivity index (χ3n) is 8.51. The van der Waals surface area contributed by atoms with E-state index in [1.165, 1.54) is 16.4 Å². The van der Waals surface area contributed by atoms with Crippen LogP contribution >= 0.6 is 15.9 Å². The molecule has 2 heterocycles. The number of unbranched alkanes of at least 4 members (excludes halogenated alkanes) is 1. The van der Waals surface area contributed by atoms with E-state index in [4.69, 9.17) is 8.92 Å². The highest BCUT2D eigenvalue weighted by molar-refractivity contribution is 9.09. The van der Waals surface area contributed by atoms with Crippen LogP contribution in [0.25, 0.3) is 11.0 Å². The third-order valence-corrected chi connectivity index (χ3v) is 10.5. The molecule has 0 amide bonds. The Hall–Kier alpha value is -3.48. The van der Waals surface area contributed by atoms with Gasteiger partial charge in [0, 0.05) is 29.9 Å². The molecule has 45 heavy (non-hydrogen) atoms. The van der Waals surface area contributed by atoms with Gasteiger partial charge in [-0.2, -0.15) is 12.7 Å². The monoisotopic (exact) mass is 698 g/mol. The van der Waals surface area contributed by atoms with Crippen molar-refractivity contribution in [3.8, 4) is 11.5 Å². The van der Waals surface area contributed by atoms with Crippen LogP contribution in [0, 0.1) is 20.8 Å². The molecular weight excluding hydrogens is 660 g/mol. The van der Waals surface area contributed by atoms with Crippen LogP contribution in [0.5, 0.6) is 11.5 Å². The van der Waals surface area contributed by atoms with Crippen molar-refractivity contribution in [2.45, 2.75) is 78.9 Å². The fraction of sp³-hybridized carbons (Fsp3) is 0.424. The number of aromatic nitrogens is 3. The lowest BCUT2D eigenvalue weighted by molar-refractivity contribution is -0.143. The third kappa shape index (κ3) is 6.73. The molecule has 1 N–H and O–H groups in total. The minimum Gasteiger partial charge on any atom is -0.508 e. The highest BCUT2D eigenvalue weighted by atomic mass is 79.9. The molecule has 240 valence electrons. The van der Waals surface area contributed by atoms with E-state index in [0.29, 0.717) is 11.1 Å². The molecule has 0 spiro atoms. The summed E-state index contributed by atoms with van der Waals surface area (Å²) < 4.78 is 40.9. The van der Waals surface area contributed by atoms with Gasteiger partial charge in [0.05, 0.1) is 24.6 Å². The predicted molar refractivity (Wildman–Crippen MR) is 176 cm³/mol. The molecule has 4 aromatic rings. The van der Waals surface area contributed by atoms with Crippen molar-refractivity contribution in [3.63, 3.8) is 0 Å². The number of benzene rings is 3. The fourth-order valence-corrected chi connectivity index (χ4v) is 7.89. The molecule has 1 unspecified atom stereocenters. The van der Waals surface area contributed by atoms with Gasteiger partial charge in [0.15, 0.2) is 5.75 Å². The number of phenolic OH excluding ortho intramolecular Hbond substituents is 1. The van der Waals surface area contributed by atoms with Crippen molar-refractivity contribution < 1.29 is 27.2 Å². The summed E-state index contributed by atoms with van der Waals surface area (Å²) in [5.41, 5.74) is 7.26. The number of carbonyl (C=O) groups is 1. The number of hydrogen-bond acceptors (Lipinski definition) is 8. The second-order valence-electron chi connectivity index (χ2n) is 11.5. The van der Waals surface area contributed by atoms with E-state index < -0.39 is 16.3 Å². The number of phenols is 1. The van der Waals surface area contributed by atoms with Crippen molar-refractivity contribution in [1.82, 2.24) is 19.3 Å². The lowest BCUT2D eigenvalue weighted by Gasteiger charge is -2.34. The summed E-state index contributed by atoms with van der Waals surface area (Å²) in [7, 11) is -4.13. The lowest BCUT2D eigenvalue weighted by atomic mass is 9.83. The number of alkyl halides is 1. The predicted octanol–water partition coefficient (Wildman–Crippen LogP) is 6.52. The van der Waals surface area contributed by atoms with Crippen molar-refractivity contribution >= 4 is 43.2 Å². The van der Waals surface area contributed by atoms with Gasteiger partial charge in [-0.3, -0.25) is 4.79 Å². The maximum Gasteiger partial charge on any atom is 0.386 e. The van der Waals surface area contributed by atoms with Crippen molar-refractivity contribution in [2.24, 2.45) is 0 Å². The zero-order valence-corrected chi connectivity index (χ0v) is 28.6. The number of esters is 1. The smallest absolute Gasteiger partial charge is 0.386 e. The van der Waals surface area contributed by atoms with E-state index in [2.05, 4.69) is 26.2 Å². The average Bonchev–Trinajstić information content (AvgIpc) is 3.40. The number of aromatic hydroxyl groups is 1. The Morgan fingerprint density at radius 2 is 1.87 bits per heavy atom. The summed E-state index contributed by atoms with van der Waals surface area (Å²) in [6.07, 6.45) is 2.12. The first kappa shape index (κ1) is 32.9. The molecule has 3 aromatic carbocycles. The second kappa shape index (κ2) is 13.5. The Balaban J connectivity index is 1.54. The van der Waals surface area contributed by atoms with E-state index in [9.17, 15) is 18.3 Å². The largest absolute Gasteiger partial charge is 0.508 e. The Labute approximate surface area is 272 Å². The molecule has 0 bridgehead atoms. The number of fused-ring (bicyclic) bond motifs is 2. The van der Waals surface area contributed by atoms with E-state index >= 15 is 0 Å². The SMILES string of the molecule is CCOC(=O)CC(c1ccc(C)c([C@@H](C)N2Cc3cc(O)cc(C)c3OS2(=O)=O)c1)c1ccc2c(nnn2CCCCBr)c1C. The summed E-state index contributed by atoms with van der Waals surface area (Å²) >= 11 is 3.48. The number of ether oxygens (including phenoxy) is 1. The first-order valence-corrected chi connectivity index (χ1v) is 17.6. The molecule has 0 fully saturated rings. The van der Waals surface area contributed by atoms with Crippen molar-refractivity contribution in [3.05, 3.63) is 81.4 Å². The summed E-state index contributed by atoms with van der Waals surface area (Å²) in [5.74, 6) is -0.391. The Morgan fingerprint density at radius 3 is 2.60 bits per heavy atom. The van der Waals surface area contributed by atoms with Crippen LogP contribution in [0.2, 0.25) is 0 Å². The van der Waals surface area contributed by atoms with E-state index in [1.54, 1.807) is 13.8 Å². The highest BCUT2D eigenvalue weighted by Crippen LogP contribution is 2.41. The van der Waals surface area contributed by atoms with Gasteiger partial charge in [-0.05, 0) is 99.0 Å². The van der Waals surface area contributed by atoms with Crippen LogP contribution in [0.1, 0.15) is 84.0 Å². The molecule has 1 aliphatic heterocycles. The molecule has 1 aliphatic rings. The van der Waals surface area contributed by atoms with E-state index in [-0.39, 0.29) is 43.0 Å². The number of rotatable bonds is 11. The van der Waals surface area contributed by atoms with Gasteiger partial charge in [0.2, 0.25) is 0 Å². The van der Waals surface area contributed by atoms with Gasteiger partial charge < -0.3 is 14.0 Å². The first-order chi connectivity index (χ1) is 21.4. The minimum absolute atomic E-state index is 0.0467. The molecule has 10 nitrogen and oxygen atoms in total. The second-order valence-corrected chi connectivity index (χ2v) is 13.8. The molecule has 0 radical (unpaired) electrons. The topological polar surface area (TPSA) is 124 Å². The Kier molecular flexibility index (Phi) is 9.85. The quantitative estimate of drug-likeness (QED) is 0.107. The van der Waals surface area contributed by atoms with Gasteiger partial charge in [-0.1, -0.05) is 45.4 Å². The first-order valence-electron chi connectivity index (χ1n) is 15.1. The maximum atomic E-state index is 13.4.